The van der Waals surface area contributed by atoms with E-state index in [4.69, 9.17) is 4.74 Å². The lowest BCUT2D eigenvalue weighted by atomic mass is 10.0. The second-order valence-electron chi connectivity index (χ2n) is 4.28. The van der Waals surface area contributed by atoms with E-state index in [1.54, 1.807) is 32.0 Å². The first-order valence-electron chi connectivity index (χ1n) is 5.71. The summed E-state index contributed by atoms with van der Waals surface area (Å²) in [5, 5.41) is 9.35. The summed E-state index contributed by atoms with van der Waals surface area (Å²) in [6.45, 7) is 3.53. The number of carbonyl (C=O) groups is 2. The third-order valence-corrected chi connectivity index (χ3v) is 3.36. The summed E-state index contributed by atoms with van der Waals surface area (Å²) >= 11 is 3.31. The molecule has 0 bridgehead atoms. The molecule has 0 spiro atoms. The molecule has 1 aromatic carbocycles. The van der Waals surface area contributed by atoms with Crippen LogP contribution in [0.1, 0.15) is 25.5 Å². The van der Waals surface area contributed by atoms with Crippen molar-refractivity contribution in [3.05, 3.63) is 28.2 Å². The van der Waals surface area contributed by atoms with Crippen molar-refractivity contribution in [2.75, 3.05) is 7.11 Å². The van der Waals surface area contributed by atoms with Gasteiger partial charge in [0.15, 0.2) is 6.04 Å². The van der Waals surface area contributed by atoms with E-state index in [-0.39, 0.29) is 6.04 Å². The number of carboxylic acid groups (broad SMARTS) is 1. The highest BCUT2D eigenvalue weighted by Crippen LogP contribution is 2.30. The number of hydrogen-bond acceptors (Lipinski definition) is 3. The Morgan fingerprint density at radius 2 is 2.11 bits per heavy atom. The fourth-order valence-corrected chi connectivity index (χ4v) is 2.33. The molecular formula is C13H16BrNO4. The van der Waals surface area contributed by atoms with Gasteiger partial charge in [-0.05, 0) is 47.5 Å². The largest absolute Gasteiger partial charge is 0.496 e. The van der Waals surface area contributed by atoms with Crippen LogP contribution in [0.5, 0.6) is 5.75 Å². The van der Waals surface area contributed by atoms with Crippen molar-refractivity contribution in [3.8, 4) is 5.75 Å². The van der Waals surface area contributed by atoms with Gasteiger partial charge in [-0.1, -0.05) is 6.07 Å². The molecule has 0 saturated heterocycles. The Balaban J connectivity index is 3.23. The molecule has 0 aromatic heterocycles. The Morgan fingerprint density at radius 1 is 1.47 bits per heavy atom. The van der Waals surface area contributed by atoms with Crippen molar-refractivity contribution < 1.29 is 19.4 Å². The van der Waals surface area contributed by atoms with E-state index in [1.165, 1.54) is 12.0 Å². The lowest BCUT2D eigenvalue weighted by Crippen LogP contribution is -2.38. The summed E-state index contributed by atoms with van der Waals surface area (Å²) in [5.74, 6) is -0.465. The zero-order valence-corrected chi connectivity index (χ0v) is 12.5. The van der Waals surface area contributed by atoms with Crippen LogP contribution < -0.4 is 4.74 Å². The van der Waals surface area contributed by atoms with E-state index in [0.717, 1.165) is 0 Å². The van der Waals surface area contributed by atoms with Crippen LogP contribution in [-0.4, -0.2) is 35.5 Å². The van der Waals surface area contributed by atoms with Crippen molar-refractivity contribution in [2.24, 2.45) is 0 Å². The van der Waals surface area contributed by atoms with Crippen LogP contribution in [0.2, 0.25) is 0 Å². The number of ether oxygens (including phenoxy) is 1. The minimum absolute atomic E-state index is 0.209. The maximum Gasteiger partial charge on any atom is 0.331 e. The third-order valence-electron chi connectivity index (χ3n) is 2.74. The van der Waals surface area contributed by atoms with Crippen molar-refractivity contribution in [1.82, 2.24) is 4.90 Å². The number of amides is 1. The number of halogens is 1. The molecular weight excluding hydrogens is 314 g/mol. The lowest BCUT2D eigenvalue weighted by Gasteiger charge is -2.29. The monoisotopic (exact) mass is 329 g/mol. The molecule has 19 heavy (non-hydrogen) atoms. The first-order chi connectivity index (χ1) is 8.92. The second-order valence-corrected chi connectivity index (χ2v) is 5.14. The van der Waals surface area contributed by atoms with Crippen molar-refractivity contribution in [2.45, 2.75) is 25.9 Å². The standard InChI is InChI=1S/C13H16BrNO4/c1-8(2)15(7-16)12(13(17)18)9-4-5-11(19-3)10(14)6-9/h4-8,12H,1-3H3,(H,17,18). The smallest absolute Gasteiger partial charge is 0.331 e. The molecule has 0 aliphatic heterocycles. The van der Waals surface area contributed by atoms with Gasteiger partial charge >= 0.3 is 5.97 Å². The Morgan fingerprint density at radius 3 is 2.47 bits per heavy atom. The van der Waals surface area contributed by atoms with Gasteiger partial charge in [0.25, 0.3) is 0 Å². The summed E-state index contributed by atoms with van der Waals surface area (Å²) in [6, 6.07) is 3.73. The zero-order chi connectivity index (χ0) is 14.6. The fourth-order valence-electron chi connectivity index (χ4n) is 1.78. The highest BCUT2D eigenvalue weighted by Gasteiger charge is 2.28. The topological polar surface area (TPSA) is 66.8 Å². The molecule has 0 aliphatic rings. The average Bonchev–Trinajstić information content (AvgIpc) is 2.34. The van der Waals surface area contributed by atoms with Crippen LogP contribution in [0.4, 0.5) is 0 Å². The Labute approximate surface area is 120 Å². The van der Waals surface area contributed by atoms with E-state index in [1.807, 2.05) is 0 Å². The molecule has 1 aromatic rings. The molecule has 1 atom stereocenters. The number of carbonyl (C=O) groups excluding carboxylic acids is 1. The first kappa shape index (κ1) is 15.5. The Kier molecular flexibility index (Phi) is 5.35. The van der Waals surface area contributed by atoms with Gasteiger partial charge in [-0.15, -0.1) is 0 Å². The van der Waals surface area contributed by atoms with E-state index in [0.29, 0.717) is 22.2 Å². The SMILES string of the molecule is COc1ccc(C(C(=O)O)N(C=O)C(C)C)cc1Br. The van der Waals surface area contributed by atoms with Crippen LogP contribution in [0.3, 0.4) is 0 Å². The molecule has 1 unspecified atom stereocenters. The van der Waals surface area contributed by atoms with Gasteiger partial charge in [0, 0.05) is 6.04 Å². The number of carboxylic acids is 1. The molecule has 104 valence electrons. The van der Waals surface area contributed by atoms with Gasteiger partial charge in [-0.2, -0.15) is 0 Å². The summed E-state index contributed by atoms with van der Waals surface area (Å²) < 4.78 is 5.74. The highest BCUT2D eigenvalue weighted by molar-refractivity contribution is 9.10. The minimum atomic E-state index is -1.07. The summed E-state index contributed by atoms with van der Waals surface area (Å²) in [4.78, 5) is 23.8. The van der Waals surface area contributed by atoms with E-state index >= 15 is 0 Å². The fraction of sp³-hybridized carbons (Fsp3) is 0.385. The van der Waals surface area contributed by atoms with Gasteiger partial charge in [0.05, 0.1) is 11.6 Å². The number of nitrogens with zero attached hydrogens (tertiary/aromatic N) is 1. The minimum Gasteiger partial charge on any atom is -0.496 e. The predicted molar refractivity (Wildman–Crippen MR) is 74.1 cm³/mol. The molecule has 1 N–H and O–H groups in total. The van der Waals surface area contributed by atoms with Gasteiger partial charge < -0.3 is 14.7 Å². The first-order valence-corrected chi connectivity index (χ1v) is 6.50. The molecule has 0 aliphatic carbocycles. The molecule has 1 amide bonds. The zero-order valence-electron chi connectivity index (χ0n) is 11.0. The third kappa shape index (κ3) is 3.47. The molecule has 0 saturated carbocycles. The van der Waals surface area contributed by atoms with E-state index in [2.05, 4.69) is 15.9 Å². The highest BCUT2D eigenvalue weighted by atomic mass is 79.9. The van der Waals surface area contributed by atoms with Crippen molar-refractivity contribution >= 4 is 28.3 Å². The van der Waals surface area contributed by atoms with Crippen LogP contribution in [0.15, 0.2) is 22.7 Å². The average molecular weight is 330 g/mol. The molecule has 0 heterocycles. The lowest BCUT2D eigenvalue weighted by molar-refractivity contribution is -0.148. The van der Waals surface area contributed by atoms with Crippen molar-refractivity contribution in [1.29, 1.82) is 0 Å². The van der Waals surface area contributed by atoms with Crippen molar-refractivity contribution in [3.63, 3.8) is 0 Å². The Hall–Kier alpha value is -1.56. The normalized spacial score (nSPS) is 12.1. The quantitative estimate of drug-likeness (QED) is 0.814. The summed E-state index contributed by atoms with van der Waals surface area (Å²) in [5.41, 5.74) is 0.515. The van der Waals surface area contributed by atoms with Crippen LogP contribution in [-0.2, 0) is 9.59 Å². The molecule has 6 heteroatoms. The maximum atomic E-state index is 11.4. The number of methoxy groups -OCH3 is 1. The summed E-state index contributed by atoms with van der Waals surface area (Å²) in [7, 11) is 1.53. The van der Waals surface area contributed by atoms with Gasteiger partial charge in [0.2, 0.25) is 6.41 Å². The number of benzene rings is 1. The molecule has 0 radical (unpaired) electrons. The summed E-state index contributed by atoms with van der Waals surface area (Å²) in [6.07, 6.45) is 0.557. The van der Waals surface area contributed by atoms with Gasteiger partial charge in [-0.3, -0.25) is 4.79 Å². The van der Waals surface area contributed by atoms with Gasteiger partial charge in [0.1, 0.15) is 5.75 Å². The van der Waals surface area contributed by atoms with E-state index < -0.39 is 12.0 Å². The molecule has 1 rings (SSSR count). The van der Waals surface area contributed by atoms with Gasteiger partial charge in [-0.25, -0.2) is 4.79 Å². The number of rotatable bonds is 6. The van der Waals surface area contributed by atoms with Crippen LogP contribution in [0, 0.1) is 0 Å². The Bertz CT molecular complexity index is 476. The number of aliphatic carboxylic acids is 1. The molecule has 5 nitrogen and oxygen atoms in total. The van der Waals surface area contributed by atoms with Crippen LogP contribution in [0.25, 0.3) is 0 Å². The predicted octanol–water partition coefficient (Wildman–Crippen LogP) is 2.45. The van der Waals surface area contributed by atoms with Crippen LogP contribution >= 0.6 is 15.9 Å². The van der Waals surface area contributed by atoms with E-state index in [9.17, 15) is 14.7 Å². The molecule has 0 fully saturated rings. The second kappa shape index (κ2) is 6.56. The number of hydrogen-bond donors (Lipinski definition) is 1. The maximum absolute atomic E-state index is 11.4.